The van der Waals surface area contributed by atoms with Crippen molar-refractivity contribution < 1.29 is 8.42 Å². The number of sulfonamides is 1. The maximum absolute atomic E-state index is 12.5. The second kappa shape index (κ2) is 9.65. The van der Waals surface area contributed by atoms with Crippen LogP contribution in [-0.2, 0) is 16.6 Å². The molecule has 0 heterocycles. The Hall–Kier alpha value is -2.74. The van der Waals surface area contributed by atoms with E-state index in [2.05, 4.69) is 15.4 Å². The van der Waals surface area contributed by atoms with Gasteiger partial charge in [-0.15, -0.1) is 0 Å². The molecule has 0 aliphatic rings. The largest absolute Gasteiger partial charge is 0.356 e. The maximum atomic E-state index is 12.5. The molecule has 0 spiro atoms. The Morgan fingerprint density at radius 1 is 0.897 bits per heavy atom. The Labute approximate surface area is 177 Å². The maximum Gasteiger partial charge on any atom is 0.240 e. The van der Waals surface area contributed by atoms with Crippen molar-refractivity contribution in [3.05, 3.63) is 96.1 Å². The Morgan fingerprint density at radius 3 is 2.10 bits per heavy atom. The van der Waals surface area contributed by atoms with Crippen molar-refractivity contribution in [2.24, 2.45) is 0 Å². The summed E-state index contributed by atoms with van der Waals surface area (Å²) >= 11 is 5.36. The minimum Gasteiger partial charge on any atom is -0.356 e. The zero-order valence-corrected chi connectivity index (χ0v) is 17.6. The molecule has 0 bridgehead atoms. The third kappa shape index (κ3) is 6.12. The van der Waals surface area contributed by atoms with Crippen molar-refractivity contribution >= 4 is 33.0 Å². The summed E-state index contributed by atoms with van der Waals surface area (Å²) in [5, 5.41) is 6.77. The lowest BCUT2D eigenvalue weighted by Gasteiger charge is -2.17. The molecule has 0 saturated heterocycles. The summed E-state index contributed by atoms with van der Waals surface area (Å²) in [5.41, 5.74) is 2.74. The topological polar surface area (TPSA) is 70.2 Å². The summed E-state index contributed by atoms with van der Waals surface area (Å²) in [6.07, 6.45) is 0. The minimum absolute atomic E-state index is 0.0537. The van der Waals surface area contributed by atoms with Crippen LogP contribution in [0.1, 0.15) is 24.1 Å². The van der Waals surface area contributed by atoms with Gasteiger partial charge in [0.2, 0.25) is 10.0 Å². The van der Waals surface area contributed by atoms with Gasteiger partial charge < -0.3 is 10.6 Å². The van der Waals surface area contributed by atoms with Crippen LogP contribution in [0.15, 0.2) is 89.8 Å². The van der Waals surface area contributed by atoms with Gasteiger partial charge in [0.25, 0.3) is 0 Å². The third-order valence-electron chi connectivity index (χ3n) is 4.38. The molecule has 0 radical (unpaired) electrons. The van der Waals surface area contributed by atoms with Crippen LogP contribution < -0.4 is 15.4 Å². The van der Waals surface area contributed by atoms with Gasteiger partial charge in [0.15, 0.2) is 5.11 Å². The molecule has 0 aromatic heterocycles. The van der Waals surface area contributed by atoms with E-state index in [-0.39, 0.29) is 17.5 Å². The lowest BCUT2D eigenvalue weighted by atomic mass is 10.1. The van der Waals surface area contributed by atoms with Gasteiger partial charge in [-0.3, -0.25) is 0 Å². The molecule has 0 aliphatic heterocycles. The Morgan fingerprint density at radius 2 is 1.48 bits per heavy atom. The number of hydrogen-bond donors (Lipinski definition) is 3. The fourth-order valence-electron chi connectivity index (χ4n) is 2.76. The van der Waals surface area contributed by atoms with E-state index in [4.69, 9.17) is 12.2 Å². The molecule has 0 aliphatic carbocycles. The number of anilines is 1. The molecule has 5 nitrogen and oxygen atoms in total. The number of rotatable bonds is 7. The fourth-order valence-corrected chi connectivity index (χ4v) is 4.08. The minimum atomic E-state index is -3.58. The summed E-state index contributed by atoms with van der Waals surface area (Å²) in [6, 6.07) is 25.9. The van der Waals surface area contributed by atoms with E-state index in [0.717, 1.165) is 11.1 Å². The van der Waals surface area contributed by atoms with Crippen molar-refractivity contribution in [3.63, 3.8) is 0 Å². The van der Waals surface area contributed by atoms with E-state index >= 15 is 0 Å². The highest BCUT2D eigenvalue weighted by Gasteiger charge is 2.14. The highest BCUT2D eigenvalue weighted by molar-refractivity contribution is 7.89. The zero-order chi connectivity index (χ0) is 20.7. The molecule has 7 heteroatoms. The first-order chi connectivity index (χ1) is 13.9. The number of nitrogens with one attached hydrogen (secondary N) is 3. The highest BCUT2D eigenvalue weighted by Crippen LogP contribution is 2.16. The van der Waals surface area contributed by atoms with Gasteiger partial charge in [-0.1, -0.05) is 60.7 Å². The van der Waals surface area contributed by atoms with E-state index in [1.807, 2.05) is 67.6 Å². The first kappa shape index (κ1) is 21.0. The monoisotopic (exact) mass is 425 g/mol. The third-order valence-corrected chi connectivity index (χ3v) is 6.02. The first-order valence-electron chi connectivity index (χ1n) is 9.20. The van der Waals surface area contributed by atoms with Crippen molar-refractivity contribution in [2.45, 2.75) is 24.4 Å². The van der Waals surface area contributed by atoms with Crippen molar-refractivity contribution in [1.82, 2.24) is 10.0 Å². The molecule has 1 atom stereocenters. The normalized spacial score (nSPS) is 12.2. The predicted molar refractivity (Wildman–Crippen MR) is 121 cm³/mol. The van der Waals surface area contributed by atoms with E-state index in [1.54, 1.807) is 24.3 Å². The van der Waals surface area contributed by atoms with Crippen molar-refractivity contribution in [2.75, 3.05) is 5.32 Å². The molecular formula is C22H23N3O2S2. The van der Waals surface area contributed by atoms with Gasteiger partial charge in [-0.2, -0.15) is 0 Å². The average molecular weight is 426 g/mol. The summed E-state index contributed by atoms with van der Waals surface area (Å²) in [4.78, 5) is 0.204. The second-order valence-corrected chi connectivity index (χ2v) is 8.74. The molecule has 29 heavy (non-hydrogen) atoms. The molecular weight excluding hydrogens is 402 g/mol. The average Bonchev–Trinajstić information content (AvgIpc) is 2.74. The molecule has 0 amide bonds. The number of benzene rings is 3. The van der Waals surface area contributed by atoms with Gasteiger partial charge in [-0.25, -0.2) is 13.1 Å². The molecule has 3 rings (SSSR count). The van der Waals surface area contributed by atoms with Crippen molar-refractivity contribution in [1.29, 1.82) is 0 Å². The van der Waals surface area contributed by atoms with Crippen molar-refractivity contribution in [3.8, 4) is 0 Å². The highest BCUT2D eigenvalue weighted by atomic mass is 32.2. The van der Waals surface area contributed by atoms with Crippen LogP contribution in [-0.4, -0.2) is 13.5 Å². The Bertz CT molecular complexity index is 1040. The number of hydrogen-bond acceptors (Lipinski definition) is 3. The van der Waals surface area contributed by atoms with Crippen LogP contribution in [0.25, 0.3) is 0 Å². The van der Waals surface area contributed by atoms with E-state index in [1.165, 1.54) is 0 Å². The van der Waals surface area contributed by atoms with E-state index in [0.29, 0.717) is 10.8 Å². The molecule has 150 valence electrons. The smallest absolute Gasteiger partial charge is 0.240 e. The molecule has 3 aromatic rings. The predicted octanol–water partition coefficient (Wildman–Crippen LogP) is 4.21. The first-order valence-corrected chi connectivity index (χ1v) is 11.1. The summed E-state index contributed by atoms with van der Waals surface area (Å²) in [7, 11) is -3.58. The standard InChI is InChI=1S/C22H23N3O2S2/c1-17(19-10-6-3-7-11-19)24-22(28)25-20-12-14-21(15-13-20)29(26,27)23-16-18-8-4-2-5-9-18/h2-15,17,23H,16H2,1H3,(H2,24,25,28). The van der Waals surface area contributed by atoms with Crippen LogP contribution in [0.3, 0.4) is 0 Å². The summed E-state index contributed by atoms with van der Waals surface area (Å²) < 4.78 is 27.6. The molecule has 0 fully saturated rings. The van der Waals surface area contributed by atoms with Crippen LogP contribution in [0, 0.1) is 0 Å². The van der Waals surface area contributed by atoms with Crippen LogP contribution in [0.2, 0.25) is 0 Å². The molecule has 3 N–H and O–H groups in total. The van der Waals surface area contributed by atoms with Gasteiger partial charge in [0, 0.05) is 12.2 Å². The van der Waals surface area contributed by atoms with E-state index < -0.39 is 10.0 Å². The summed E-state index contributed by atoms with van der Waals surface area (Å²) in [5.74, 6) is 0. The van der Waals surface area contributed by atoms with Crippen LogP contribution in [0.4, 0.5) is 5.69 Å². The van der Waals surface area contributed by atoms with Crippen LogP contribution >= 0.6 is 12.2 Å². The van der Waals surface area contributed by atoms with Gasteiger partial charge >= 0.3 is 0 Å². The van der Waals surface area contributed by atoms with Gasteiger partial charge in [0.1, 0.15) is 0 Å². The van der Waals surface area contributed by atoms with Crippen LogP contribution in [0.5, 0.6) is 0 Å². The SMILES string of the molecule is CC(NC(=S)Nc1ccc(S(=O)(=O)NCc2ccccc2)cc1)c1ccccc1. The number of thiocarbonyl (C=S) groups is 1. The Balaban J connectivity index is 1.57. The lowest BCUT2D eigenvalue weighted by Crippen LogP contribution is -2.30. The lowest BCUT2D eigenvalue weighted by molar-refractivity contribution is 0.581. The zero-order valence-electron chi connectivity index (χ0n) is 16.0. The van der Waals surface area contributed by atoms with Gasteiger partial charge in [-0.05, 0) is 54.5 Å². The fraction of sp³-hybridized carbons (Fsp3) is 0.136. The Kier molecular flexibility index (Phi) is 6.98. The summed E-state index contributed by atoms with van der Waals surface area (Å²) in [6.45, 7) is 2.27. The van der Waals surface area contributed by atoms with Gasteiger partial charge in [0.05, 0.1) is 10.9 Å². The van der Waals surface area contributed by atoms with E-state index in [9.17, 15) is 8.42 Å². The quantitative estimate of drug-likeness (QED) is 0.495. The molecule has 3 aromatic carbocycles. The molecule has 0 saturated carbocycles. The second-order valence-electron chi connectivity index (χ2n) is 6.57. The molecule has 1 unspecified atom stereocenters.